The Kier molecular flexibility index (Phi) is 4.81. The van der Waals surface area contributed by atoms with Crippen LogP contribution in [0.1, 0.15) is 30.0 Å². The van der Waals surface area contributed by atoms with E-state index in [1.165, 1.54) is 11.1 Å². The van der Waals surface area contributed by atoms with Gasteiger partial charge in [0.1, 0.15) is 0 Å². The van der Waals surface area contributed by atoms with Crippen LogP contribution in [0, 0.1) is 0 Å². The van der Waals surface area contributed by atoms with Gasteiger partial charge in [-0.3, -0.25) is 4.79 Å². The average Bonchev–Trinajstić information content (AvgIpc) is 2.98. The third kappa shape index (κ3) is 3.65. The molecule has 0 aromatic heterocycles. The Morgan fingerprint density at radius 3 is 2.70 bits per heavy atom. The van der Waals surface area contributed by atoms with Crippen LogP contribution in [0.2, 0.25) is 0 Å². The number of carbonyl (C=O) groups is 1. The highest BCUT2D eigenvalue weighted by Crippen LogP contribution is 2.30. The number of rotatable bonds is 6. The largest absolute Gasteiger partial charge is 0.493 e. The van der Waals surface area contributed by atoms with E-state index < -0.39 is 0 Å². The summed E-state index contributed by atoms with van der Waals surface area (Å²) in [5, 5.41) is 3.10. The lowest BCUT2D eigenvalue weighted by Gasteiger charge is -2.15. The zero-order valence-electron chi connectivity index (χ0n) is 13.2. The summed E-state index contributed by atoms with van der Waals surface area (Å²) < 4.78 is 10.9. The van der Waals surface area contributed by atoms with Crippen LogP contribution in [0.25, 0.3) is 0 Å². The van der Waals surface area contributed by atoms with E-state index in [9.17, 15) is 4.79 Å². The van der Waals surface area contributed by atoms with Crippen LogP contribution in [0.3, 0.4) is 0 Å². The van der Waals surface area contributed by atoms with E-state index in [4.69, 9.17) is 9.47 Å². The average molecular weight is 311 g/mol. The summed E-state index contributed by atoms with van der Waals surface area (Å²) in [4.78, 5) is 12.1. The molecule has 1 atom stereocenters. The Morgan fingerprint density at radius 2 is 1.87 bits per heavy atom. The van der Waals surface area contributed by atoms with E-state index >= 15 is 0 Å². The van der Waals surface area contributed by atoms with Gasteiger partial charge in [-0.05, 0) is 36.1 Å². The number of carbonyl (C=O) groups excluding carboxylic acids is 1. The van der Waals surface area contributed by atoms with Gasteiger partial charge in [0.05, 0.1) is 26.2 Å². The predicted molar refractivity (Wildman–Crippen MR) is 88.8 cm³/mol. The van der Waals surface area contributed by atoms with Crippen molar-refractivity contribution in [1.29, 1.82) is 0 Å². The summed E-state index contributed by atoms with van der Waals surface area (Å²) >= 11 is 0. The molecule has 0 aliphatic heterocycles. The maximum Gasteiger partial charge on any atom is 0.223 e. The highest BCUT2D eigenvalue weighted by atomic mass is 16.5. The first-order valence-corrected chi connectivity index (χ1v) is 7.91. The second kappa shape index (κ2) is 7.18. The first-order chi connectivity index (χ1) is 11.3. The quantitative estimate of drug-likeness (QED) is 0.890. The second-order valence-corrected chi connectivity index (χ2v) is 5.61. The zero-order chi connectivity index (χ0) is 16.1. The first kappa shape index (κ1) is 15.4. The van der Waals surface area contributed by atoms with Crippen molar-refractivity contribution in [3.8, 4) is 11.5 Å². The SMILES string of the molecule is COc1ccccc1OCCC(=O)NC1CCc2ccccc21. The van der Waals surface area contributed by atoms with E-state index in [2.05, 4.69) is 17.4 Å². The number of benzene rings is 2. The summed E-state index contributed by atoms with van der Waals surface area (Å²) in [6.07, 6.45) is 2.33. The normalized spacial score (nSPS) is 15.8. The molecule has 1 unspecified atom stereocenters. The molecule has 1 amide bonds. The maximum absolute atomic E-state index is 12.1. The molecule has 2 aromatic carbocycles. The minimum absolute atomic E-state index is 0.0154. The second-order valence-electron chi connectivity index (χ2n) is 5.61. The minimum Gasteiger partial charge on any atom is -0.493 e. The van der Waals surface area contributed by atoms with Crippen molar-refractivity contribution in [3.63, 3.8) is 0 Å². The van der Waals surface area contributed by atoms with Crippen molar-refractivity contribution in [3.05, 3.63) is 59.7 Å². The van der Waals surface area contributed by atoms with Gasteiger partial charge in [-0.2, -0.15) is 0 Å². The van der Waals surface area contributed by atoms with Gasteiger partial charge in [0.25, 0.3) is 0 Å². The number of aryl methyl sites for hydroxylation is 1. The number of methoxy groups -OCH3 is 1. The molecular formula is C19H21NO3. The van der Waals surface area contributed by atoms with E-state index in [-0.39, 0.29) is 11.9 Å². The molecule has 3 rings (SSSR count). The van der Waals surface area contributed by atoms with Gasteiger partial charge < -0.3 is 14.8 Å². The predicted octanol–water partition coefficient (Wildman–Crippen LogP) is 3.27. The fourth-order valence-electron chi connectivity index (χ4n) is 2.97. The minimum atomic E-state index is 0.0154. The Labute approximate surface area is 136 Å². The topological polar surface area (TPSA) is 47.6 Å². The zero-order valence-corrected chi connectivity index (χ0v) is 13.2. The molecule has 0 saturated carbocycles. The number of hydrogen-bond acceptors (Lipinski definition) is 3. The lowest BCUT2D eigenvalue weighted by molar-refractivity contribution is -0.122. The van der Waals surface area contributed by atoms with Crippen molar-refractivity contribution in [1.82, 2.24) is 5.32 Å². The fraction of sp³-hybridized carbons (Fsp3) is 0.316. The monoisotopic (exact) mass is 311 g/mol. The summed E-state index contributed by atoms with van der Waals surface area (Å²) in [5.74, 6) is 1.35. The maximum atomic E-state index is 12.1. The molecule has 0 radical (unpaired) electrons. The van der Waals surface area contributed by atoms with Crippen LogP contribution in [0.4, 0.5) is 0 Å². The van der Waals surface area contributed by atoms with Crippen LogP contribution in [-0.2, 0) is 11.2 Å². The van der Waals surface area contributed by atoms with Gasteiger partial charge in [0.15, 0.2) is 11.5 Å². The highest BCUT2D eigenvalue weighted by molar-refractivity contribution is 5.76. The number of para-hydroxylation sites is 2. The van der Waals surface area contributed by atoms with Gasteiger partial charge in [-0.15, -0.1) is 0 Å². The van der Waals surface area contributed by atoms with Crippen LogP contribution < -0.4 is 14.8 Å². The lowest BCUT2D eigenvalue weighted by atomic mass is 10.1. The molecule has 1 aliphatic rings. The molecule has 120 valence electrons. The first-order valence-electron chi connectivity index (χ1n) is 7.91. The van der Waals surface area contributed by atoms with E-state index in [0.717, 1.165) is 12.8 Å². The Hall–Kier alpha value is -2.49. The number of ether oxygens (including phenoxy) is 2. The van der Waals surface area contributed by atoms with Gasteiger partial charge >= 0.3 is 0 Å². The Bertz CT molecular complexity index is 684. The molecule has 2 aromatic rings. The van der Waals surface area contributed by atoms with Crippen LogP contribution in [0.15, 0.2) is 48.5 Å². The van der Waals surface area contributed by atoms with Crippen LogP contribution in [0.5, 0.6) is 11.5 Å². The molecular weight excluding hydrogens is 290 g/mol. The standard InChI is InChI=1S/C19H21NO3/c1-22-17-8-4-5-9-18(17)23-13-12-19(21)20-16-11-10-14-6-2-3-7-15(14)16/h2-9,16H,10-13H2,1H3,(H,20,21). The molecule has 0 bridgehead atoms. The Balaban J connectivity index is 1.49. The fourth-order valence-corrected chi connectivity index (χ4v) is 2.97. The number of hydrogen-bond donors (Lipinski definition) is 1. The van der Waals surface area contributed by atoms with Crippen molar-refractivity contribution >= 4 is 5.91 Å². The smallest absolute Gasteiger partial charge is 0.223 e. The molecule has 0 spiro atoms. The number of nitrogens with one attached hydrogen (secondary N) is 1. The van der Waals surface area contributed by atoms with Crippen molar-refractivity contribution < 1.29 is 14.3 Å². The van der Waals surface area contributed by atoms with Crippen molar-refractivity contribution in [2.24, 2.45) is 0 Å². The van der Waals surface area contributed by atoms with Gasteiger partial charge in [-0.1, -0.05) is 36.4 Å². The van der Waals surface area contributed by atoms with Crippen LogP contribution >= 0.6 is 0 Å². The molecule has 23 heavy (non-hydrogen) atoms. The molecule has 4 nitrogen and oxygen atoms in total. The summed E-state index contributed by atoms with van der Waals surface area (Å²) in [5.41, 5.74) is 2.58. The third-order valence-electron chi connectivity index (χ3n) is 4.12. The van der Waals surface area contributed by atoms with Crippen LogP contribution in [-0.4, -0.2) is 19.6 Å². The molecule has 0 heterocycles. The molecule has 0 fully saturated rings. The van der Waals surface area contributed by atoms with Crippen molar-refractivity contribution in [2.75, 3.05) is 13.7 Å². The van der Waals surface area contributed by atoms with E-state index in [0.29, 0.717) is 24.5 Å². The number of amides is 1. The van der Waals surface area contributed by atoms with Gasteiger partial charge in [0.2, 0.25) is 5.91 Å². The van der Waals surface area contributed by atoms with E-state index in [1.807, 2.05) is 36.4 Å². The summed E-state index contributed by atoms with van der Waals surface area (Å²) in [6, 6.07) is 15.9. The third-order valence-corrected chi connectivity index (χ3v) is 4.12. The van der Waals surface area contributed by atoms with Gasteiger partial charge in [-0.25, -0.2) is 0 Å². The molecule has 0 saturated heterocycles. The highest BCUT2D eigenvalue weighted by Gasteiger charge is 2.23. The summed E-state index contributed by atoms with van der Waals surface area (Å²) in [6.45, 7) is 0.334. The molecule has 1 N–H and O–H groups in total. The Morgan fingerprint density at radius 1 is 1.13 bits per heavy atom. The van der Waals surface area contributed by atoms with E-state index in [1.54, 1.807) is 7.11 Å². The summed E-state index contributed by atoms with van der Waals surface area (Å²) in [7, 11) is 1.60. The van der Waals surface area contributed by atoms with Crippen molar-refractivity contribution in [2.45, 2.75) is 25.3 Å². The molecule has 1 aliphatic carbocycles. The molecule has 4 heteroatoms. The lowest BCUT2D eigenvalue weighted by Crippen LogP contribution is -2.28. The number of fused-ring (bicyclic) bond motifs is 1. The van der Waals surface area contributed by atoms with Gasteiger partial charge in [0, 0.05) is 0 Å².